The summed E-state index contributed by atoms with van der Waals surface area (Å²) in [5.41, 5.74) is 0. The minimum absolute atomic E-state index is 0.00000158. The maximum atomic E-state index is 11.9. The summed E-state index contributed by atoms with van der Waals surface area (Å²) < 4.78 is 10.7. The van der Waals surface area contributed by atoms with Crippen LogP contribution in [-0.4, -0.2) is 74.6 Å². The highest BCUT2D eigenvalue weighted by Gasteiger charge is 2.24. The van der Waals surface area contributed by atoms with Crippen molar-refractivity contribution in [2.75, 3.05) is 41.0 Å². The smallest absolute Gasteiger partial charge is 0.305 e. The van der Waals surface area contributed by atoms with E-state index >= 15 is 0 Å². The molecular formula is C34H63NO6. The van der Waals surface area contributed by atoms with E-state index < -0.39 is 18.1 Å². The van der Waals surface area contributed by atoms with Crippen molar-refractivity contribution in [1.82, 2.24) is 0 Å². The van der Waals surface area contributed by atoms with Gasteiger partial charge >= 0.3 is 5.97 Å². The third-order valence-electron chi connectivity index (χ3n) is 7.33. The molecule has 0 aromatic carbocycles. The van der Waals surface area contributed by atoms with Gasteiger partial charge in [-0.1, -0.05) is 108 Å². The van der Waals surface area contributed by atoms with Crippen LogP contribution in [0.5, 0.6) is 0 Å². The van der Waals surface area contributed by atoms with Crippen molar-refractivity contribution in [2.24, 2.45) is 0 Å². The average Bonchev–Trinajstić information content (AvgIpc) is 2.91. The molecule has 0 saturated heterocycles. The minimum Gasteiger partial charge on any atom is -0.544 e. The SMILES string of the molecule is CC/C=C/C/C=C/CCCCCCCCCCCCCCCCC(=O)OCC(O)COCCC(C(=O)[O-])[N+](C)(C)C. The number of carbonyl (C=O) groups is 2. The second kappa shape index (κ2) is 27.2. The van der Waals surface area contributed by atoms with Crippen LogP contribution in [0.2, 0.25) is 0 Å². The largest absolute Gasteiger partial charge is 0.544 e. The van der Waals surface area contributed by atoms with Crippen LogP contribution in [0.1, 0.15) is 129 Å². The van der Waals surface area contributed by atoms with Gasteiger partial charge in [0.25, 0.3) is 0 Å². The highest BCUT2D eigenvalue weighted by atomic mass is 16.5. The van der Waals surface area contributed by atoms with E-state index in [9.17, 15) is 19.8 Å². The fourth-order valence-corrected chi connectivity index (χ4v) is 4.75. The Morgan fingerprint density at radius 3 is 1.78 bits per heavy atom. The number of aliphatic hydroxyl groups is 1. The fourth-order valence-electron chi connectivity index (χ4n) is 4.75. The average molecular weight is 582 g/mol. The van der Waals surface area contributed by atoms with Gasteiger partial charge in [0.15, 0.2) is 0 Å². The lowest BCUT2D eigenvalue weighted by molar-refractivity contribution is -0.889. The third-order valence-corrected chi connectivity index (χ3v) is 7.33. The van der Waals surface area contributed by atoms with Crippen LogP contribution in [0.3, 0.4) is 0 Å². The van der Waals surface area contributed by atoms with Gasteiger partial charge in [-0.25, -0.2) is 0 Å². The molecule has 1 N–H and O–H groups in total. The summed E-state index contributed by atoms with van der Waals surface area (Å²) in [7, 11) is 5.36. The van der Waals surface area contributed by atoms with E-state index in [-0.39, 0.29) is 36.7 Å². The van der Waals surface area contributed by atoms with Crippen LogP contribution < -0.4 is 5.11 Å². The number of hydrogen-bond acceptors (Lipinski definition) is 6. The fraction of sp³-hybridized carbons (Fsp3) is 0.824. The van der Waals surface area contributed by atoms with Crippen LogP contribution in [0.25, 0.3) is 0 Å². The molecule has 0 aromatic rings. The molecule has 0 bridgehead atoms. The summed E-state index contributed by atoms with van der Waals surface area (Å²) in [4.78, 5) is 23.1. The summed E-state index contributed by atoms with van der Waals surface area (Å²) >= 11 is 0. The molecule has 0 aliphatic rings. The summed E-state index contributed by atoms with van der Waals surface area (Å²) in [5.74, 6) is -1.41. The third kappa shape index (κ3) is 26.9. The molecule has 0 aliphatic carbocycles. The Bertz CT molecular complexity index is 685. The van der Waals surface area contributed by atoms with E-state index in [1.165, 1.54) is 77.0 Å². The van der Waals surface area contributed by atoms with E-state index in [1.807, 2.05) is 0 Å². The Balaban J connectivity index is 3.44. The van der Waals surface area contributed by atoms with Crippen LogP contribution in [0.15, 0.2) is 24.3 Å². The van der Waals surface area contributed by atoms with Crippen molar-refractivity contribution in [3.8, 4) is 0 Å². The molecule has 0 radical (unpaired) electrons. The zero-order valence-corrected chi connectivity index (χ0v) is 27.0. The van der Waals surface area contributed by atoms with Crippen LogP contribution in [-0.2, 0) is 19.1 Å². The maximum absolute atomic E-state index is 11.9. The van der Waals surface area contributed by atoms with Gasteiger partial charge in [-0.05, 0) is 32.1 Å². The molecule has 0 amide bonds. The van der Waals surface area contributed by atoms with Crippen molar-refractivity contribution in [3.63, 3.8) is 0 Å². The standard InChI is InChI=1S/C34H63NO6/c1-5-6-7-8-9-10-11-12-13-14-15-16-17-18-19-20-21-22-23-24-25-26-33(37)41-30-31(36)29-40-28-27-32(34(38)39)35(2,3)4/h6-7,9-10,31-32,36H,5,8,11-30H2,1-4H3/b7-6+,10-9+. The maximum Gasteiger partial charge on any atom is 0.305 e. The first-order chi connectivity index (χ1) is 19.7. The number of aliphatic hydroxyl groups excluding tert-OH is 1. The highest BCUT2D eigenvalue weighted by molar-refractivity contribution is 5.69. The molecule has 7 nitrogen and oxygen atoms in total. The van der Waals surface area contributed by atoms with Crippen LogP contribution in [0.4, 0.5) is 0 Å². The van der Waals surface area contributed by atoms with Gasteiger partial charge in [0.05, 0.1) is 40.3 Å². The molecule has 7 heteroatoms. The molecule has 0 heterocycles. The zero-order valence-electron chi connectivity index (χ0n) is 27.0. The molecule has 2 atom stereocenters. The Morgan fingerprint density at radius 1 is 0.756 bits per heavy atom. The number of allylic oxidation sites excluding steroid dienone is 4. The Kier molecular flexibility index (Phi) is 26.0. The molecule has 2 unspecified atom stereocenters. The molecule has 240 valence electrons. The molecular weight excluding hydrogens is 518 g/mol. The molecule has 0 saturated carbocycles. The first kappa shape index (κ1) is 39.3. The predicted octanol–water partition coefficient (Wildman–Crippen LogP) is 6.28. The van der Waals surface area contributed by atoms with Crippen molar-refractivity contribution in [1.29, 1.82) is 0 Å². The molecule has 0 fully saturated rings. The lowest BCUT2D eigenvalue weighted by Crippen LogP contribution is -2.55. The first-order valence-electron chi connectivity index (χ1n) is 16.4. The number of esters is 1. The highest BCUT2D eigenvalue weighted by Crippen LogP contribution is 2.14. The molecule has 41 heavy (non-hydrogen) atoms. The number of ether oxygens (including phenoxy) is 2. The minimum atomic E-state index is -1.12. The number of carboxylic acids is 1. The first-order valence-corrected chi connectivity index (χ1v) is 16.4. The summed E-state index contributed by atoms with van der Waals surface area (Å²) in [5, 5.41) is 21.2. The Hall–Kier alpha value is -1.70. The number of unbranched alkanes of at least 4 members (excludes halogenated alkanes) is 14. The van der Waals surface area contributed by atoms with E-state index in [0.29, 0.717) is 6.42 Å². The van der Waals surface area contributed by atoms with Crippen molar-refractivity contribution in [2.45, 2.75) is 141 Å². The monoisotopic (exact) mass is 581 g/mol. The van der Waals surface area contributed by atoms with Crippen molar-refractivity contribution in [3.05, 3.63) is 24.3 Å². The number of carboxylic acid groups (broad SMARTS) is 1. The molecule has 0 rings (SSSR count). The number of nitrogens with zero attached hydrogens (tertiary/aromatic N) is 1. The van der Waals surface area contributed by atoms with Crippen molar-refractivity contribution < 1.29 is 33.8 Å². The summed E-state index contributed by atoms with van der Waals surface area (Å²) in [6.45, 7) is 2.26. The summed E-state index contributed by atoms with van der Waals surface area (Å²) in [6, 6.07) is -0.684. The molecule has 0 aromatic heterocycles. The van der Waals surface area contributed by atoms with Gasteiger partial charge in [0.2, 0.25) is 0 Å². The topological polar surface area (TPSA) is 95.9 Å². The number of likely N-dealkylation sites (N-methyl/N-ethyl adjacent to an activating group) is 1. The van der Waals surface area contributed by atoms with Gasteiger partial charge in [0, 0.05) is 12.8 Å². The second-order valence-corrected chi connectivity index (χ2v) is 12.2. The van der Waals surface area contributed by atoms with E-state index in [2.05, 4.69) is 31.2 Å². The molecule has 0 aliphatic heterocycles. The number of hydrogen-bond donors (Lipinski definition) is 1. The normalized spacial score (nSPS) is 13.7. The lowest BCUT2D eigenvalue weighted by atomic mass is 10.0. The quantitative estimate of drug-likeness (QED) is 0.0484. The predicted molar refractivity (Wildman–Crippen MR) is 166 cm³/mol. The van der Waals surface area contributed by atoms with E-state index in [4.69, 9.17) is 9.47 Å². The molecule has 0 spiro atoms. The second-order valence-electron chi connectivity index (χ2n) is 12.2. The van der Waals surface area contributed by atoms with Crippen LogP contribution in [0, 0.1) is 0 Å². The van der Waals surface area contributed by atoms with E-state index in [1.54, 1.807) is 21.1 Å². The number of quaternary nitrogens is 1. The van der Waals surface area contributed by atoms with Gasteiger partial charge < -0.3 is 29.0 Å². The van der Waals surface area contributed by atoms with Gasteiger partial charge in [-0.15, -0.1) is 0 Å². The number of aliphatic carboxylic acids is 1. The Morgan fingerprint density at radius 2 is 1.27 bits per heavy atom. The van der Waals surface area contributed by atoms with Crippen molar-refractivity contribution >= 4 is 11.9 Å². The van der Waals surface area contributed by atoms with Gasteiger partial charge in [0.1, 0.15) is 18.8 Å². The van der Waals surface area contributed by atoms with Gasteiger partial charge in [-0.2, -0.15) is 0 Å². The Labute approximate surface area is 252 Å². The zero-order chi connectivity index (χ0) is 30.6. The lowest BCUT2D eigenvalue weighted by Gasteiger charge is -2.34. The number of rotatable bonds is 29. The number of carbonyl (C=O) groups excluding carboxylic acids is 2. The summed E-state index contributed by atoms with van der Waals surface area (Å²) in [6.07, 6.45) is 29.9. The van der Waals surface area contributed by atoms with Gasteiger partial charge in [-0.3, -0.25) is 4.79 Å². The van der Waals surface area contributed by atoms with Crippen LogP contribution >= 0.6 is 0 Å². The van der Waals surface area contributed by atoms with E-state index in [0.717, 1.165) is 32.1 Å².